The van der Waals surface area contributed by atoms with Crippen LogP contribution in [0.25, 0.3) is 0 Å². The summed E-state index contributed by atoms with van der Waals surface area (Å²) in [5.41, 5.74) is 0.308. The van der Waals surface area contributed by atoms with E-state index in [1.54, 1.807) is 33.8 Å². The summed E-state index contributed by atoms with van der Waals surface area (Å²) in [4.78, 5) is 0. The number of alkyl halides is 3. The Kier molecular flexibility index (Phi) is 5.34. The van der Waals surface area contributed by atoms with Crippen LogP contribution in [0.2, 0.25) is 0 Å². The third kappa shape index (κ3) is 5.22. The Morgan fingerprint density at radius 3 is 2.25 bits per heavy atom. The van der Waals surface area contributed by atoms with Gasteiger partial charge in [0.15, 0.2) is 0 Å². The second kappa shape index (κ2) is 6.24. The minimum atomic E-state index is -4.75. The zero-order valence-corrected chi connectivity index (χ0v) is 12.6. The van der Waals surface area contributed by atoms with Gasteiger partial charge in [0, 0.05) is 16.9 Å². The molecule has 1 rings (SSSR count). The molecule has 1 unspecified atom stereocenters. The summed E-state index contributed by atoms with van der Waals surface area (Å²) in [5.74, 6) is -0.286. The summed E-state index contributed by atoms with van der Waals surface area (Å²) in [6.45, 7) is 6.98. The summed E-state index contributed by atoms with van der Waals surface area (Å²) in [6, 6.07) is 5.28. The van der Waals surface area contributed by atoms with Crippen LogP contribution in [-0.4, -0.2) is 15.7 Å². The molecular formula is C13H18F3NO2S. The van der Waals surface area contributed by atoms with Gasteiger partial charge in [-0.2, -0.15) is 0 Å². The molecule has 0 aliphatic carbocycles. The van der Waals surface area contributed by atoms with Crippen molar-refractivity contribution in [2.75, 3.05) is 0 Å². The average Bonchev–Trinajstić information content (AvgIpc) is 2.25. The molecular weight excluding hydrogens is 291 g/mol. The third-order valence-electron chi connectivity index (χ3n) is 2.45. The van der Waals surface area contributed by atoms with Crippen molar-refractivity contribution in [1.82, 2.24) is 4.72 Å². The Hall–Kier alpha value is -0.920. The van der Waals surface area contributed by atoms with Crippen LogP contribution in [0.5, 0.6) is 5.75 Å². The maximum Gasteiger partial charge on any atom is 0.573 e. The second-order valence-electron chi connectivity index (χ2n) is 5.31. The normalized spacial score (nSPS) is 15.8. The van der Waals surface area contributed by atoms with Gasteiger partial charge < -0.3 is 9.29 Å². The fourth-order valence-electron chi connectivity index (χ4n) is 1.46. The smallest absolute Gasteiger partial charge is 0.573 e. The van der Waals surface area contributed by atoms with Gasteiger partial charge in [-0.1, -0.05) is 18.2 Å². The van der Waals surface area contributed by atoms with Crippen molar-refractivity contribution in [2.24, 2.45) is 0 Å². The van der Waals surface area contributed by atoms with E-state index in [-0.39, 0.29) is 5.75 Å². The molecule has 1 aromatic carbocycles. The first-order valence-corrected chi connectivity index (χ1v) is 7.18. The van der Waals surface area contributed by atoms with E-state index in [2.05, 4.69) is 9.46 Å². The maximum absolute atomic E-state index is 12.3. The van der Waals surface area contributed by atoms with Gasteiger partial charge in [-0.05, 0) is 33.8 Å². The minimum absolute atomic E-state index is 0.286. The molecule has 0 aliphatic heterocycles. The van der Waals surface area contributed by atoms with Crippen molar-refractivity contribution in [2.45, 2.75) is 44.8 Å². The van der Waals surface area contributed by atoms with Crippen LogP contribution in [0, 0.1) is 0 Å². The van der Waals surface area contributed by atoms with Crippen LogP contribution in [0.15, 0.2) is 24.3 Å². The Bertz CT molecular complexity index is 446. The Morgan fingerprint density at radius 2 is 1.75 bits per heavy atom. The highest BCUT2D eigenvalue weighted by Crippen LogP contribution is 2.31. The summed E-state index contributed by atoms with van der Waals surface area (Å²) in [5, 5.41) is 0. The van der Waals surface area contributed by atoms with Crippen LogP contribution >= 0.6 is 0 Å². The summed E-state index contributed by atoms with van der Waals surface area (Å²) < 4.78 is 55.2. The van der Waals surface area contributed by atoms with Crippen molar-refractivity contribution >= 4 is 11.4 Å². The molecule has 0 bridgehead atoms. The monoisotopic (exact) mass is 309 g/mol. The zero-order valence-electron chi connectivity index (χ0n) is 11.7. The van der Waals surface area contributed by atoms with Crippen molar-refractivity contribution in [3.63, 3.8) is 0 Å². The van der Waals surface area contributed by atoms with E-state index in [0.717, 1.165) is 0 Å². The lowest BCUT2D eigenvalue weighted by Crippen LogP contribution is -2.40. The quantitative estimate of drug-likeness (QED) is 0.863. The number of rotatable bonds is 4. The fourth-order valence-corrected chi connectivity index (χ4v) is 2.26. The number of halogens is 3. The molecule has 0 fully saturated rings. The van der Waals surface area contributed by atoms with Crippen molar-refractivity contribution in [1.29, 1.82) is 0 Å². The Morgan fingerprint density at radius 1 is 1.20 bits per heavy atom. The van der Waals surface area contributed by atoms with Gasteiger partial charge in [-0.15, -0.1) is 17.9 Å². The van der Waals surface area contributed by atoms with Gasteiger partial charge >= 0.3 is 6.36 Å². The lowest BCUT2D eigenvalue weighted by atomic mass is 10.1. The van der Waals surface area contributed by atoms with Crippen LogP contribution in [0.3, 0.4) is 0 Å². The lowest BCUT2D eigenvalue weighted by molar-refractivity contribution is -0.275. The lowest BCUT2D eigenvalue weighted by Gasteiger charge is -2.27. The average molecular weight is 309 g/mol. The molecule has 0 heterocycles. The zero-order chi connectivity index (χ0) is 15.6. The van der Waals surface area contributed by atoms with Crippen LogP contribution in [0.4, 0.5) is 13.2 Å². The van der Waals surface area contributed by atoms with E-state index in [1.165, 1.54) is 18.2 Å². The Balaban J connectivity index is 2.90. The van der Waals surface area contributed by atoms with Gasteiger partial charge in [0.05, 0.1) is 6.04 Å². The minimum Gasteiger partial charge on any atom is -0.598 e. The molecule has 0 saturated heterocycles. The first kappa shape index (κ1) is 17.1. The van der Waals surface area contributed by atoms with Crippen molar-refractivity contribution < 1.29 is 22.5 Å². The van der Waals surface area contributed by atoms with Gasteiger partial charge in [-0.3, -0.25) is 0 Å². The first-order chi connectivity index (χ1) is 9.00. The number of benzene rings is 1. The standard InChI is InChI=1S/C13H18F3NO2S/c1-9(17-20(18)12(2,3)4)10-7-5-6-8-11(10)19-13(14,15)16/h5-9,17H,1-4H3/t9-,20?/m1/s1. The predicted molar refractivity (Wildman–Crippen MR) is 72.6 cm³/mol. The third-order valence-corrected chi connectivity index (χ3v) is 4.13. The fraction of sp³-hybridized carbons (Fsp3) is 0.538. The van der Waals surface area contributed by atoms with Crippen LogP contribution in [-0.2, 0) is 11.4 Å². The first-order valence-electron chi connectivity index (χ1n) is 6.03. The predicted octanol–water partition coefficient (Wildman–Crippen LogP) is 3.70. The molecule has 7 heteroatoms. The topological polar surface area (TPSA) is 44.3 Å². The molecule has 3 nitrogen and oxygen atoms in total. The van der Waals surface area contributed by atoms with Crippen molar-refractivity contribution in [3.8, 4) is 5.75 Å². The number of hydrogen-bond acceptors (Lipinski definition) is 3. The Labute approximate surface area is 119 Å². The van der Waals surface area contributed by atoms with Crippen molar-refractivity contribution in [3.05, 3.63) is 29.8 Å². The van der Waals surface area contributed by atoms with Gasteiger partial charge in [-0.25, -0.2) is 0 Å². The number of nitrogens with one attached hydrogen (secondary N) is 1. The molecule has 0 aromatic heterocycles. The molecule has 0 aliphatic rings. The number of ether oxygens (including phenoxy) is 1. The molecule has 1 N–H and O–H groups in total. The highest BCUT2D eigenvalue weighted by atomic mass is 32.2. The molecule has 1 aromatic rings. The van der Waals surface area contributed by atoms with E-state index < -0.39 is 28.5 Å². The molecule has 0 radical (unpaired) electrons. The van der Waals surface area contributed by atoms with E-state index in [1.807, 2.05) is 0 Å². The van der Waals surface area contributed by atoms with E-state index in [4.69, 9.17) is 0 Å². The second-order valence-corrected chi connectivity index (χ2v) is 7.30. The molecule has 2 atom stereocenters. The van der Waals surface area contributed by atoms with Crippen LogP contribution in [0.1, 0.15) is 39.3 Å². The highest BCUT2D eigenvalue weighted by Gasteiger charge is 2.34. The molecule has 0 spiro atoms. The van der Waals surface area contributed by atoms with Gasteiger partial charge in [0.25, 0.3) is 0 Å². The van der Waals surface area contributed by atoms with E-state index in [9.17, 15) is 17.7 Å². The molecule has 20 heavy (non-hydrogen) atoms. The summed E-state index contributed by atoms with van der Waals surface area (Å²) in [7, 11) is 0. The van der Waals surface area contributed by atoms with Crippen LogP contribution < -0.4 is 9.46 Å². The van der Waals surface area contributed by atoms with E-state index in [0.29, 0.717) is 5.56 Å². The molecule has 114 valence electrons. The SMILES string of the molecule is C[C@@H](N[S+]([O-])C(C)(C)C)c1ccccc1OC(F)(F)F. The van der Waals surface area contributed by atoms with Gasteiger partial charge in [0.2, 0.25) is 0 Å². The number of hydrogen-bond donors (Lipinski definition) is 1. The maximum atomic E-state index is 12.3. The molecule has 0 saturated carbocycles. The van der Waals surface area contributed by atoms with Gasteiger partial charge in [0.1, 0.15) is 10.5 Å². The summed E-state index contributed by atoms with van der Waals surface area (Å²) >= 11 is -1.39. The molecule has 0 amide bonds. The number of para-hydroxylation sites is 1. The summed E-state index contributed by atoms with van der Waals surface area (Å²) in [6.07, 6.45) is -4.75. The van der Waals surface area contributed by atoms with E-state index >= 15 is 0 Å². The largest absolute Gasteiger partial charge is 0.598 e. The highest BCUT2D eigenvalue weighted by molar-refractivity contribution is 7.90.